The van der Waals surface area contributed by atoms with Gasteiger partial charge in [-0.05, 0) is 38.1 Å². The number of hydrogen-bond donors (Lipinski definition) is 1. The van der Waals surface area contributed by atoms with E-state index in [9.17, 15) is 4.79 Å². The topological polar surface area (TPSA) is 51.5 Å². The molecule has 0 aromatic carbocycles. The summed E-state index contributed by atoms with van der Waals surface area (Å²) in [6.45, 7) is 4.77. The Morgan fingerprint density at radius 2 is 2.10 bits per heavy atom. The normalized spacial score (nSPS) is 12.3. The number of rotatable bonds is 6. The first-order valence-corrected chi connectivity index (χ1v) is 7.34. The maximum Gasteiger partial charge on any atom is 0.310 e. The molecule has 1 atom stereocenters. The highest BCUT2D eigenvalue weighted by Gasteiger charge is 2.10. The predicted molar refractivity (Wildman–Crippen MR) is 78.7 cm³/mol. The molecule has 2 aromatic heterocycles. The summed E-state index contributed by atoms with van der Waals surface area (Å²) < 4.78 is 10.2. The van der Waals surface area contributed by atoms with Crippen molar-refractivity contribution in [2.75, 3.05) is 7.11 Å². The van der Waals surface area contributed by atoms with Crippen molar-refractivity contribution >= 4 is 17.3 Å². The van der Waals surface area contributed by atoms with Crippen molar-refractivity contribution in [2.45, 2.75) is 32.9 Å². The number of aryl methyl sites for hydroxylation is 1. The van der Waals surface area contributed by atoms with E-state index in [0.29, 0.717) is 6.42 Å². The smallest absolute Gasteiger partial charge is 0.310 e. The summed E-state index contributed by atoms with van der Waals surface area (Å²) in [6, 6.07) is 8.13. The Morgan fingerprint density at radius 3 is 2.75 bits per heavy atom. The molecular formula is C15H19NO3S. The Labute approximate surface area is 122 Å². The number of carbonyl (C=O) groups is 1. The standard InChI is InChI=1S/C15H19NO3S/c1-10-4-7-14(19-10)11(2)16-9-13-6-5-12(20-13)8-15(17)18-3/h4-7,11,16H,8-9H2,1-3H3. The van der Waals surface area contributed by atoms with Crippen LogP contribution >= 0.6 is 11.3 Å². The van der Waals surface area contributed by atoms with Gasteiger partial charge in [0.25, 0.3) is 0 Å². The van der Waals surface area contributed by atoms with Crippen LogP contribution in [0.1, 0.15) is 34.2 Å². The minimum atomic E-state index is -0.203. The maximum atomic E-state index is 11.2. The fraction of sp³-hybridized carbons (Fsp3) is 0.400. The third-order valence-electron chi connectivity index (χ3n) is 3.03. The largest absolute Gasteiger partial charge is 0.469 e. The third kappa shape index (κ3) is 3.95. The lowest BCUT2D eigenvalue weighted by Crippen LogP contribution is -2.16. The second-order valence-corrected chi connectivity index (χ2v) is 5.92. The molecular weight excluding hydrogens is 274 g/mol. The second-order valence-electron chi connectivity index (χ2n) is 4.67. The van der Waals surface area contributed by atoms with Crippen molar-refractivity contribution in [3.8, 4) is 0 Å². The van der Waals surface area contributed by atoms with Crippen molar-refractivity contribution in [2.24, 2.45) is 0 Å². The van der Waals surface area contributed by atoms with Crippen molar-refractivity contribution in [1.29, 1.82) is 0 Å². The van der Waals surface area contributed by atoms with Gasteiger partial charge in [-0.1, -0.05) is 0 Å². The summed E-state index contributed by atoms with van der Waals surface area (Å²) in [6.07, 6.45) is 0.341. The minimum Gasteiger partial charge on any atom is -0.469 e. The molecule has 2 rings (SSSR count). The number of hydrogen-bond acceptors (Lipinski definition) is 5. The van der Waals surface area contributed by atoms with Crippen LogP contribution in [-0.2, 0) is 22.5 Å². The van der Waals surface area contributed by atoms with E-state index in [1.54, 1.807) is 11.3 Å². The Balaban J connectivity index is 1.86. The van der Waals surface area contributed by atoms with E-state index in [1.807, 2.05) is 31.2 Å². The van der Waals surface area contributed by atoms with Gasteiger partial charge < -0.3 is 14.5 Å². The Hall–Kier alpha value is -1.59. The van der Waals surface area contributed by atoms with E-state index in [4.69, 9.17) is 4.42 Å². The SMILES string of the molecule is COC(=O)Cc1ccc(CNC(C)c2ccc(C)o2)s1. The van der Waals surface area contributed by atoms with Gasteiger partial charge >= 0.3 is 5.97 Å². The molecule has 0 spiro atoms. The summed E-state index contributed by atoms with van der Waals surface area (Å²) in [5.74, 6) is 1.66. The van der Waals surface area contributed by atoms with E-state index >= 15 is 0 Å². The van der Waals surface area contributed by atoms with Crippen molar-refractivity contribution < 1.29 is 13.9 Å². The molecule has 5 heteroatoms. The summed E-state index contributed by atoms with van der Waals surface area (Å²) in [5, 5.41) is 3.41. The molecule has 0 saturated heterocycles. The first-order valence-electron chi connectivity index (χ1n) is 6.52. The number of thiophene rings is 1. The lowest BCUT2D eigenvalue weighted by atomic mass is 10.2. The number of furan rings is 1. The molecule has 0 aliphatic carbocycles. The van der Waals surface area contributed by atoms with Crippen molar-refractivity contribution in [3.63, 3.8) is 0 Å². The van der Waals surface area contributed by atoms with E-state index in [0.717, 1.165) is 22.9 Å². The van der Waals surface area contributed by atoms with Gasteiger partial charge in [0.15, 0.2) is 0 Å². The molecule has 0 bridgehead atoms. The lowest BCUT2D eigenvalue weighted by Gasteiger charge is -2.10. The van der Waals surface area contributed by atoms with E-state index in [-0.39, 0.29) is 12.0 Å². The molecule has 1 N–H and O–H groups in total. The van der Waals surface area contributed by atoms with Gasteiger partial charge in [0, 0.05) is 16.3 Å². The van der Waals surface area contributed by atoms with Crippen LogP contribution in [0.25, 0.3) is 0 Å². The highest BCUT2D eigenvalue weighted by Crippen LogP contribution is 2.20. The van der Waals surface area contributed by atoms with Crippen molar-refractivity contribution in [3.05, 3.63) is 45.5 Å². The van der Waals surface area contributed by atoms with Crippen LogP contribution < -0.4 is 5.32 Å². The average Bonchev–Trinajstić information content (AvgIpc) is 3.05. The van der Waals surface area contributed by atoms with Gasteiger partial charge in [0.1, 0.15) is 11.5 Å². The molecule has 0 fully saturated rings. The molecule has 2 heterocycles. The van der Waals surface area contributed by atoms with Crippen LogP contribution in [0, 0.1) is 6.92 Å². The number of methoxy groups -OCH3 is 1. The van der Waals surface area contributed by atoms with Gasteiger partial charge in [0.2, 0.25) is 0 Å². The van der Waals surface area contributed by atoms with Gasteiger partial charge in [-0.3, -0.25) is 4.79 Å². The van der Waals surface area contributed by atoms with Crippen LogP contribution in [0.15, 0.2) is 28.7 Å². The van der Waals surface area contributed by atoms with Crippen LogP contribution in [0.5, 0.6) is 0 Å². The number of nitrogens with one attached hydrogen (secondary N) is 1. The summed E-state index contributed by atoms with van der Waals surface area (Å²) in [4.78, 5) is 13.4. The molecule has 2 aromatic rings. The highest BCUT2D eigenvalue weighted by atomic mass is 32.1. The number of carbonyl (C=O) groups excluding carboxylic acids is 1. The van der Waals surface area contributed by atoms with Crippen LogP contribution in [-0.4, -0.2) is 13.1 Å². The van der Waals surface area contributed by atoms with E-state index < -0.39 is 0 Å². The molecule has 0 aliphatic heterocycles. The summed E-state index contributed by atoms with van der Waals surface area (Å²) in [7, 11) is 1.41. The average molecular weight is 293 g/mol. The monoisotopic (exact) mass is 293 g/mol. The van der Waals surface area contributed by atoms with Crippen LogP contribution in [0.3, 0.4) is 0 Å². The first-order chi connectivity index (χ1) is 9.58. The molecule has 108 valence electrons. The third-order valence-corrected chi connectivity index (χ3v) is 4.12. The van der Waals surface area contributed by atoms with Crippen molar-refractivity contribution in [1.82, 2.24) is 5.32 Å². The zero-order valence-electron chi connectivity index (χ0n) is 11.9. The Bertz CT molecular complexity index is 573. The molecule has 0 amide bonds. The zero-order chi connectivity index (χ0) is 14.5. The molecule has 20 heavy (non-hydrogen) atoms. The molecule has 0 radical (unpaired) electrons. The van der Waals surface area contributed by atoms with Crippen LogP contribution in [0.2, 0.25) is 0 Å². The van der Waals surface area contributed by atoms with Gasteiger partial charge in [-0.25, -0.2) is 0 Å². The Kier molecular flexibility index (Phi) is 4.98. The highest BCUT2D eigenvalue weighted by molar-refractivity contribution is 7.12. The molecule has 0 aliphatic rings. The maximum absolute atomic E-state index is 11.2. The summed E-state index contributed by atoms with van der Waals surface area (Å²) >= 11 is 1.63. The quantitative estimate of drug-likeness (QED) is 0.831. The van der Waals surface area contributed by atoms with E-state index in [2.05, 4.69) is 17.0 Å². The fourth-order valence-corrected chi connectivity index (χ4v) is 2.82. The number of ether oxygens (including phenoxy) is 1. The van der Waals surface area contributed by atoms with Crippen LogP contribution in [0.4, 0.5) is 0 Å². The minimum absolute atomic E-state index is 0.162. The Morgan fingerprint density at radius 1 is 1.35 bits per heavy atom. The first kappa shape index (κ1) is 14.8. The van der Waals surface area contributed by atoms with E-state index in [1.165, 1.54) is 12.0 Å². The second kappa shape index (κ2) is 6.72. The predicted octanol–water partition coefficient (Wildman–Crippen LogP) is 3.22. The lowest BCUT2D eigenvalue weighted by molar-refractivity contribution is -0.139. The zero-order valence-corrected chi connectivity index (χ0v) is 12.8. The van der Waals surface area contributed by atoms with Gasteiger partial charge in [0.05, 0.1) is 19.6 Å². The van der Waals surface area contributed by atoms with Gasteiger partial charge in [-0.2, -0.15) is 0 Å². The fourth-order valence-electron chi connectivity index (χ4n) is 1.87. The summed E-state index contributed by atoms with van der Waals surface area (Å²) in [5.41, 5.74) is 0. The van der Waals surface area contributed by atoms with Gasteiger partial charge in [-0.15, -0.1) is 11.3 Å². The molecule has 0 saturated carbocycles. The number of esters is 1. The molecule has 1 unspecified atom stereocenters. The molecule has 4 nitrogen and oxygen atoms in total.